The quantitative estimate of drug-likeness (QED) is 0.353. The van der Waals surface area contributed by atoms with Gasteiger partial charge in [0.1, 0.15) is 11.5 Å². The highest BCUT2D eigenvalue weighted by molar-refractivity contribution is 9.10. The molecule has 2 amide bonds. The molecule has 2 aromatic rings. The van der Waals surface area contributed by atoms with Crippen molar-refractivity contribution in [1.82, 2.24) is 5.43 Å². The molecule has 2 aromatic carbocycles. The summed E-state index contributed by atoms with van der Waals surface area (Å²) in [6.45, 7) is 0. The first-order chi connectivity index (χ1) is 11.5. The van der Waals surface area contributed by atoms with Gasteiger partial charge in [0.2, 0.25) is 0 Å². The summed E-state index contributed by atoms with van der Waals surface area (Å²) in [5.74, 6) is 0.395. The molecule has 3 N–H and O–H groups in total. The number of nitrogens with two attached hydrogens (primary N) is 1. The fourth-order valence-corrected chi connectivity index (χ4v) is 2.14. The Bertz CT molecular complexity index is 775. The number of ether oxygens (including phenoxy) is 2. The van der Waals surface area contributed by atoms with Crippen LogP contribution in [0.25, 0.3) is 0 Å². The third kappa shape index (κ3) is 4.82. The van der Waals surface area contributed by atoms with Crippen LogP contribution < -0.4 is 20.6 Å². The van der Waals surface area contributed by atoms with E-state index in [4.69, 9.17) is 15.2 Å². The average molecular weight is 392 g/mol. The van der Waals surface area contributed by atoms with Crippen LogP contribution in [0.15, 0.2) is 52.0 Å². The largest absolute Gasteiger partial charge is 0.497 e. The molecule has 7 nitrogen and oxygen atoms in total. The summed E-state index contributed by atoms with van der Waals surface area (Å²) >= 11 is 3.32. The van der Waals surface area contributed by atoms with E-state index in [0.29, 0.717) is 16.9 Å². The van der Waals surface area contributed by atoms with Crippen LogP contribution in [0.1, 0.15) is 15.9 Å². The molecular weight excluding hydrogens is 378 g/mol. The van der Waals surface area contributed by atoms with Gasteiger partial charge in [0, 0.05) is 10.0 Å². The van der Waals surface area contributed by atoms with E-state index < -0.39 is 12.0 Å². The number of carbonyl (C=O) groups is 2. The fraction of sp³-hybridized carbons (Fsp3) is 0.0625. The lowest BCUT2D eigenvalue weighted by Crippen LogP contribution is -2.24. The Labute approximate surface area is 146 Å². The van der Waals surface area contributed by atoms with E-state index in [0.717, 1.165) is 4.47 Å². The Kier molecular flexibility index (Phi) is 5.91. The lowest BCUT2D eigenvalue weighted by molar-refractivity contribution is 0.0734. The fourth-order valence-electron chi connectivity index (χ4n) is 1.76. The lowest BCUT2D eigenvalue weighted by atomic mass is 10.2. The molecule has 0 saturated heterocycles. The molecule has 124 valence electrons. The van der Waals surface area contributed by atoms with Crippen LogP contribution in [-0.4, -0.2) is 25.3 Å². The number of rotatable bonds is 5. The summed E-state index contributed by atoms with van der Waals surface area (Å²) < 4.78 is 11.2. The molecular formula is C16H14BrN3O4. The molecule has 0 radical (unpaired) electrons. The predicted octanol–water partition coefficient (Wildman–Crippen LogP) is 2.68. The van der Waals surface area contributed by atoms with Crippen LogP contribution in [-0.2, 0) is 0 Å². The number of benzene rings is 2. The molecule has 0 atom stereocenters. The van der Waals surface area contributed by atoms with Gasteiger partial charge in [0.15, 0.2) is 0 Å². The van der Waals surface area contributed by atoms with Crippen LogP contribution >= 0.6 is 15.9 Å². The summed E-state index contributed by atoms with van der Waals surface area (Å²) in [6, 6.07) is 10.7. The molecule has 8 heteroatoms. The Morgan fingerprint density at radius 1 is 1.21 bits per heavy atom. The first-order valence-electron chi connectivity index (χ1n) is 6.74. The molecule has 0 spiro atoms. The van der Waals surface area contributed by atoms with Crippen molar-refractivity contribution >= 4 is 34.1 Å². The number of nitrogens with one attached hydrogen (secondary N) is 1. The van der Waals surface area contributed by atoms with E-state index >= 15 is 0 Å². The number of methoxy groups -OCH3 is 1. The van der Waals surface area contributed by atoms with Crippen LogP contribution in [0.2, 0.25) is 0 Å². The number of esters is 1. The number of primary amides is 1. The summed E-state index contributed by atoms with van der Waals surface area (Å²) in [5, 5.41) is 3.67. The Morgan fingerprint density at radius 2 is 1.92 bits per heavy atom. The molecule has 0 aliphatic heterocycles. The van der Waals surface area contributed by atoms with Gasteiger partial charge < -0.3 is 15.2 Å². The predicted molar refractivity (Wildman–Crippen MR) is 92.4 cm³/mol. The van der Waals surface area contributed by atoms with Gasteiger partial charge in [0.05, 0.1) is 18.9 Å². The number of hydrazone groups is 1. The van der Waals surface area contributed by atoms with Gasteiger partial charge in [-0.2, -0.15) is 5.10 Å². The minimum atomic E-state index is -0.793. The van der Waals surface area contributed by atoms with Gasteiger partial charge in [0.25, 0.3) is 0 Å². The maximum Gasteiger partial charge on any atom is 0.343 e. The third-order valence-electron chi connectivity index (χ3n) is 2.88. The van der Waals surface area contributed by atoms with E-state index in [-0.39, 0.29) is 5.75 Å². The monoisotopic (exact) mass is 391 g/mol. The highest BCUT2D eigenvalue weighted by atomic mass is 79.9. The number of urea groups is 1. The van der Waals surface area contributed by atoms with Crippen molar-refractivity contribution in [2.45, 2.75) is 0 Å². The summed E-state index contributed by atoms with van der Waals surface area (Å²) in [6.07, 6.45) is 1.33. The Morgan fingerprint density at radius 3 is 2.54 bits per heavy atom. The van der Waals surface area contributed by atoms with Gasteiger partial charge >= 0.3 is 12.0 Å². The zero-order valence-electron chi connectivity index (χ0n) is 12.7. The van der Waals surface area contributed by atoms with E-state index in [9.17, 15) is 9.59 Å². The topological polar surface area (TPSA) is 103 Å². The Balaban J connectivity index is 2.19. The minimum Gasteiger partial charge on any atom is -0.497 e. The van der Waals surface area contributed by atoms with Crippen LogP contribution in [0, 0.1) is 0 Å². The number of carbonyl (C=O) groups excluding carboxylic acids is 2. The van der Waals surface area contributed by atoms with E-state index in [1.54, 1.807) is 49.6 Å². The van der Waals surface area contributed by atoms with Crippen molar-refractivity contribution in [1.29, 1.82) is 0 Å². The smallest absolute Gasteiger partial charge is 0.343 e. The second-order valence-corrected chi connectivity index (χ2v) is 5.45. The third-order valence-corrected chi connectivity index (χ3v) is 3.37. The summed E-state index contributed by atoms with van der Waals surface area (Å²) in [5.41, 5.74) is 7.87. The molecule has 0 aliphatic carbocycles. The highest BCUT2D eigenvalue weighted by Gasteiger charge is 2.11. The highest BCUT2D eigenvalue weighted by Crippen LogP contribution is 2.23. The van der Waals surface area contributed by atoms with Crippen molar-refractivity contribution in [3.05, 3.63) is 58.1 Å². The van der Waals surface area contributed by atoms with Gasteiger partial charge in [-0.15, -0.1) is 0 Å². The maximum atomic E-state index is 12.2. The second-order valence-electron chi connectivity index (χ2n) is 4.53. The number of halogens is 1. The molecule has 0 aliphatic rings. The molecule has 0 saturated carbocycles. The van der Waals surface area contributed by atoms with Crippen LogP contribution in [0.3, 0.4) is 0 Å². The number of hydrogen-bond donors (Lipinski definition) is 2. The van der Waals surface area contributed by atoms with Crippen molar-refractivity contribution in [2.75, 3.05) is 7.11 Å². The first kappa shape index (κ1) is 17.5. The molecule has 24 heavy (non-hydrogen) atoms. The zero-order chi connectivity index (χ0) is 17.5. The summed E-state index contributed by atoms with van der Waals surface area (Å²) in [4.78, 5) is 22.9. The lowest BCUT2D eigenvalue weighted by Gasteiger charge is -2.08. The first-order valence-corrected chi connectivity index (χ1v) is 7.53. The molecule has 0 fully saturated rings. The van der Waals surface area contributed by atoms with Gasteiger partial charge in [-0.05, 0) is 42.5 Å². The van der Waals surface area contributed by atoms with Crippen LogP contribution in [0.4, 0.5) is 4.79 Å². The Hall–Kier alpha value is -2.87. The zero-order valence-corrected chi connectivity index (χ0v) is 14.2. The van der Waals surface area contributed by atoms with Gasteiger partial charge in [-0.1, -0.05) is 15.9 Å². The maximum absolute atomic E-state index is 12.2. The average Bonchev–Trinajstić information content (AvgIpc) is 2.57. The van der Waals surface area contributed by atoms with Crippen molar-refractivity contribution in [3.8, 4) is 11.5 Å². The second kappa shape index (κ2) is 8.11. The number of amides is 2. The van der Waals surface area contributed by atoms with E-state index in [1.807, 2.05) is 0 Å². The number of hydrogen-bond acceptors (Lipinski definition) is 5. The minimum absolute atomic E-state index is 0.286. The van der Waals surface area contributed by atoms with Crippen molar-refractivity contribution < 1.29 is 19.1 Å². The standard InChI is InChI=1S/C16H14BrN3O4/c1-23-13-5-2-10(3-6-13)15(21)24-14-7-4-12(17)8-11(14)9-19-20-16(18)22/h2-9H,1H3,(H3,18,20,22). The molecule has 0 bridgehead atoms. The molecule has 0 unspecified atom stereocenters. The van der Waals surface area contributed by atoms with Crippen LogP contribution in [0.5, 0.6) is 11.5 Å². The normalized spacial score (nSPS) is 10.4. The van der Waals surface area contributed by atoms with Crippen molar-refractivity contribution in [3.63, 3.8) is 0 Å². The molecule has 0 aromatic heterocycles. The summed E-state index contributed by atoms with van der Waals surface area (Å²) in [7, 11) is 1.54. The van der Waals surface area contributed by atoms with E-state index in [2.05, 4.69) is 26.5 Å². The van der Waals surface area contributed by atoms with Gasteiger partial charge in [-0.3, -0.25) is 0 Å². The van der Waals surface area contributed by atoms with E-state index in [1.165, 1.54) is 6.21 Å². The van der Waals surface area contributed by atoms with Crippen molar-refractivity contribution in [2.24, 2.45) is 10.8 Å². The molecule has 0 heterocycles. The number of nitrogens with zero attached hydrogens (tertiary/aromatic N) is 1. The molecule has 2 rings (SSSR count). The van der Waals surface area contributed by atoms with Gasteiger partial charge in [-0.25, -0.2) is 15.0 Å². The SMILES string of the molecule is COc1ccc(C(=O)Oc2ccc(Br)cc2C=NNC(N)=O)cc1.